The minimum absolute atomic E-state index is 0.0484. The summed E-state index contributed by atoms with van der Waals surface area (Å²) >= 11 is 0. The first kappa shape index (κ1) is 15.1. The Hall–Kier alpha value is -2.80. The second kappa shape index (κ2) is 6.13. The molecule has 2 atom stereocenters. The molecule has 0 bridgehead atoms. The number of carboxylic acid groups (broad SMARTS) is 1. The molecule has 1 aliphatic rings. The minimum Gasteiger partial charge on any atom is -0.481 e. The molecule has 2 aromatic carbocycles. The molecule has 0 amide bonds. The van der Waals surface area contributed by atoms with Crippen LogP contribution in [0, 0.1) is 24.1 Å². The molecule has 3 nitrogen and oxygen atoms in total. The van der Waals surface area contributed by atoms with Gasteiger partial charge in [0.15, 0.2) is 11.6 Å². The molecule has 1 saturated carbocycles. The van der Waals surface area contributed by atoms with Gasteiger partial charge in [0.25, 0.3) is 0 Å². The maximum absolute atomic E-state index is 14.9. The summed E-state index contributed by atoms with van der Waals surface area (Å²) in [7, 11) is 0. The summed E-state index contributed by atoms with van der Waals surface area (Å²) in [4.78, 5) is 11.0. The highest BCUT2D eigenvalue weighted by molar-refractivity contribution is 5.76. The van der Waals surface area contributed by atoms with Gasteiger partial charge in [-0.05, 0) is 17.5 Å². The van der Waals surface area contributed by atoms with Crippen LogP contribution in [0.4, 0.5) is 4.39 Å². The molecule has 0 spiro atoms. The number of hydrogen-bond acceptors (Lipinski definition) is 2. The van der Waals surface area contributed by atoms with Gasteiger partial charge in [-0.1, -0.05) is 48.4 Å². The largest absolute Gasteiger partial charge is 0.481 e. The molecule has 0 aliphatic heterocycles. The average Bonchev–Trinajstić information content (AvgIpc) is 3.35. The van der Waals surface area contributed by atoms with E-state index in [2.05, 4.69) is 5.92 Å². The van der Waals surface area contributed by atoms with Crippen molar-refractivity contribution >= 4 is 5.97 Å². The van der Waals surface area contributed by atoms with Crippen LogP contribution in [0.25, 0.3) is 11.1 Å². The summed E-state index contributed by atoms with van der Waals surface area (Å²) in [6.45, 7) is -0.0484. The number of carbonyl (C=O) groups is 1. The predicted molar refractivity (Wildman–Crippen MR) is 84.6 cm³/mol. The molecular weight excluding hydrogens is 295 g/mol. The van der Waals surface area contributed by atoms with Crippen molar-refractivity contribution in [3.05, 3.63) is 53.8 Å². The monoisotopic (exact) mass is 310 g/mol. The van der Waals surface area contributed by atoms with Gasteiger partial charge < -0.3 is 9.84 Å². The summed E-state index contributed by atoms with van der Waals surface area (Å²) in [6.07, 6.45) is 5.66. The Morgan fingerprint density at radius 2 is 2.04 bits per heavy atom. The third-order valence-electron chi connectivity index (χ3n) is 4.02. The van der Waals surface area contributed by atoms with Crippen molar-refractivity contribution in [2.75, 3.05) is 6.61 Å². The Morgan fingerprint density at radius 1 is 1.30 bits per heavy atom. The van der Waals surface area contributed by atoms with E-state index >= 15 is 0 Å². The van der Waals surface area contributed by atoms with Gasteiger partial charge in [0, 0.05) is 11.5 Å². The first-order valence-electron chi connectivity index (χ1n) is 7.30. The van der Waals surface area contributed by atoms with Gasteiger partial charge >= 0.3 is 5.97 Å². The van der Waals surface area contributed by atoms with Gasteiger partial charge in [-0.3, -0.25) is 4.79 Å². The lowest BCUT2D eigenvalue weighted by molar-refractivity contribution is -0.138. The van der Waals surface area contributed by atoms with Crippen molar-refractivity contribution in [3.63, 3.8) is 0 Å². The van der Waals surface area contributed by atoms with Crippen molar-refractivity contribution in [2.45, 2.75) is 12.3 Å². The van der Waals surface area contributed by atoms with Crippen molar-refractivity contribution in [2.24, 2.45) is 5.92 Å². The van der Waals surface area contributed by atoms with Crippen LogP contribution < -0.4 is 4.74 Å². The van der Waals surface area contributed by atoms with Crippen LogP contribution in [0.2, 0.25) is 0 Å². The number of halogens is 1. The molecule has 2 aromatic rings. The number of benzene rings is 2. The first-order chi connectivity index (χ1) is 11.1. The predicted octanol–water partition coefficient (Wildman–Crippen LogP) is 3.69. The molecule has 3 rings (SSSR count). The Balaban J connectivity index is 2.03. The van der Waals surface area contributed by atoms with E-state index in [0.29, 0.717) is 17.5 Å². The Kier molecular flexibility index (Phi) is 4.03. The third kappa shape index (κ3) is 2.91. The molecule has 0 radical (unpaired) electrons. The quantitative estimate of drug-likeness (QED) is 0.857. The van der Waals surface area contributed by atoms with E-state index in [-0.39, 0.29) is 18.3 Å². The highest BCUT2D eigenvalue weighted by Gasteiger charge is 2.46. The smallest absolute Gasteiger partial charge is 0.307 e. The fourth-order valence-corrected chi connectivity index (χ4v) is 2.77. The van der Waals surface area contributed by atoms with Crippen molar-refractivity contribution in [1.82, 2.24) is 0 Å². The maximum atomic E-state index is 14.9. The number of carboxylic acids is 1. The Bertz CT molecular complexity index is 777. The van der Waals surface area contributed by atoms with E-state index in [1.807, 2.05) is 30.3 Å². The van der Waals surface area contributed by atoms with Gasteiger partial charge in [-0.25, -0.2) is 4.39 Å². The van der Waals surface area contributed by atoms with Crippen LogP contribution >= 0.6 is 0 Å². The van der Waals surface area contributed by atoms with E-state index in [1.54, 1.807) is 12.1 Å². The molecule has 0 aromatic heterocycles. The first-order valence-corrected chi connectivity index (χ1v) is 7.30. The van der Waals surface area contributed by atoms with E-state index < -0.39 is 17.7 Å². The highest BCUT2D eigenvalue weighted by atomic mass is 19.1. The number of ether oxygens (including phenoxy) is 1. The number of hydrogen-bond donors (Lipinski definition) is 1. The highest BCUT2D eigenvalue weighted by Crippen LogP contribution is 2.50. The molecule has 0 saturated heterocycles. The van der Waals surface area contributed by atoms with Crippen molar-refractivity contribution < 1.29 is 19.0 Å². The zero-order chi connectivity index (χ0) is 16.4. The zero-order valence-corrected chi connectivity index (χ0v) is 12.3. The van der Waals surface area contributed by atoms with E-state index in [4.69, 9.17) is 16.3 Å². The zero-order valence-electron chi connectivity index (χ0n) is 12.3. The van der Waals surface area contributed by atoms with E-state index in [0.717, 1.165) is 5.56 Å². The SMILES string of the molecule is C#CCOc1c(-c2ccccc2)ccc(C2CC2C(=O)O)c1F. The summed E-state index contributed by atoms with van der Waals surface area (Å²) in [6, 6.07) is 12.7. The van der Waals surface area contributed by atoms with Crippen LogP contribution in [-0.4, -0.2) is 17.7 Å². The van der Waals surface area contributed by atoms with Gasteiger partial charge in [0.2, 0.25) is 0 Å². The van der Waals surface area contributed by atoms with Crippen LogP contribution in [0.5, 0.6) is 5.75 Å². The lowest BCUT2D eigenvalue weighted by atomic mass is 9.99. The fourth-order valence-electron chi connectivity index (χ4n) is 2.77. The minimum atomic E-state index is -0.896. The lowest BCUT2D eigenvalue weighted by Crippen LogP contribution is -2.04. The third-order valence-corrected chi connectivity index (χ3v) is 4.02. The number of terminal acetylenes is 1. The molecule has 4 heteroatoms. The van der Waals surface area contributed by atoms with Crippen molar-refractivity contribution in [1.29, 1.82) is 0 Å². The van der Waals surface area contributed by atoms with Gasteiger partial charge in [-0.2, -0.15) is 0 Å². The van der Waals surface area contributed by atoms with Gasteiger partial charge in [0.1, 0.15) is 6.61 Å². The summed E-state index contributed by atoms with van der Waals surface area (Å²) in [5.41, 5.74) is 1.80. The summed E-state index contributed by atoms with van der Waals surface area (Å²) < 4.78 is 20.3. The molecule has 1 N–H and O–H groups in total. The maximum Gasteiger partial charge on any atom is 0.307 e. The number of aliphatic carboxylic acids is 1. The molecule has 0 heterocycles. The topological polar surface area (TPSA) is 46.5 Å². The molecular formula is C19H15FO3. The van der Waals surface area contributed by atoms with Crippen LogP contribution in [0.15, 0.2) is 42.5 Å². The Labute approximate surface area is 133 Å². The van der Waals surface area contributed by atoms with Crippen LogP contribution in [0.1, 0.15) is 17.9 Å². The summed E-state index contributed by atoms with van der Waals surface area (Å²) in [5, 5.41) is 9.04. The van der Waals surface area contributed by atoms with Gasteiger partial charge in [-0.15, -0.1) is 6.42 Å². The second-order valence-electron chi connectivity index (χ2n) is 5.49. The summed E-state index contributed by atoms with van der Waals surface area (Å²) in [5.74, 6) is 0.181. The van der Waals surface area contributed by atoms with Crippen LogP contribution in [-0.2, 0) is 4.79 Å². The molecule has 1 fully saturated rings. The second-order valence-corrected chi connectivity index (χ2v) is 5.49. The van der Waals surface area contributed by atoms with Crippen LogP contribution in [0.3, 0.4) is 0 Å². The molecule has 116 valence electrons. The standard InChI is InChI=1S/C19H15FO3/c1-2-10-23-18-13(12-6-4-3-5-7-12)8-9-14(17(18)20)15-11-16(15)19(21)22/h1,3-9,15-16H,10-11H2,(H,21,22). The van der Waals surface area contributed by atoms with E-state index in [1.165, 1.54) is 0 Å². The van der Waals surface area contributed by atoms with E-state index in [9.17, 15) is 9.18 Å². The Morgan fingerprint density at radius 3 is 2.65 bits per heavy atom. The fraction of sp³-hybridized carbons (Fsp3) is 0.211. The van der Waals surface area contributed by atoms with Crippen molar-refractivity contribution in [3.8, 4) is 29.2 Å². The lowest BCUT2D eigenvalue weighted by Gasteiger charge is -2.14. The molecule has 1 aliphatic carbocycles. The molecule has 23 heavy (non-hydrogen) atoms. The number of rotatable bonds is 5. The molecule has 2 unspecified atom stereocenters. The normalized spacial score (nSPS) is 19.0. The average molecular weight is 310 g/mol. The van der Waals surface area contributed by atoms with Gasteiger partial charge in [0.05, 0.1) is 5.92 Å².